The van der Waals surface area contributed by atoms with Gasteiger partial charge in [0.25, 0.3) is 5.56 Å². The van der Waals surface area contributed by atoms with E-state index in [0.717, 1.165) is 36.4 Å². The summed E-state index contributed by atoms with van der Waals surface area (Å²) in [6.45, 7) is 1.85. The zero-order valence-electron chi connectivity index (χ0n) is 20.0. The lowest BCUT2D eigenvalue weighted by Crippen LogP contribution is -2.30. The van der Waals surface area contributed by atoms with Crippen LogP contribution in [-0.4, -0.2) is 34.9 Å². The molecule has 0 aliphatic carbocycles. The molecule has 0 unspecified atom stereocenters. The predicted octanol–water partition coefficient (Wildman–Crippen LogP) is 4.87. The van der Waals surface area contributed by atoms with Crippen LogP contribution in [0.4, 0.5) is 20.4 Å². The third-order valence-electron chi connectivity index (χ3n) is 6.31. The summed E-state index contributed by atoms with van der Waals surface area (Å²) in [5, 5.41) is 0.451. The molecule has 1 saturated heterocycles. The van der Waals surface area contributed by atoms with Crippen LogP contribution in [0.2, 0.25) is 0 Å². The van der Waals surface area contributed by atoms with Gasteiger partial charge in [0.05, 0.1) is 22.9 Å². The number of nitrogens with zero attached hydrogens (tertiary/aromatic N) is 3. The first kappa shape index (κ1) is 25.0. The van der Waals surface area contributed by atoms with E-state index in [9.17, 15) is 13.6 Å². The van der Waals surface area contributed by atoms with Crippen LogP contribution in [0.3, 0.4) is 0 Å². The standard InChI is InChI=1S/C26H25F2N5O3S/c1-35-24-22(32-37-23-5-3-18(27)12-20(23)28)11-17(13-30-24)16-2-4-21-19(10-16)25(34)33(26(29)31-21)14-15-6-8-36-9-7-15/h2-5,10-13,15,32H,6-9,14H2,1H3,(H2,29,31). The Morgan fingerprint density at radius 3 is 2.73 bits per heavy atom. The first-order valence-corrected chi connectivity index (χ1v) is 12.5. The topological polar surface area (TPSA) is 104 Å². The molecule has 1 aliphatic heterocycles. The molecule has 0 spiro atoms. The molecule has 0 amide bonds. The third kappa shape index (κ3) is 5.37. The van der Waals surface area contributed by atoms with Crippen molar-refractivity contribution < 1.29 is 18.3 Å². The molecule has 37 heavy (non-hydrogen) atoms. The van der Waals surface area contributed by atoms with Crippen LogP contribution in [0.15, 0.2) is 58.4 Å². The number of rotatable bonds is 7. The van der Waals surface area contributed by atoms with Crippen molar-refractivity contribution in [1.82, 2.24) is 14.5 Å². The van der Waals surface area contributed by atoms with E-state index in [4.69, 9.17) is 15.2 Å². The number of halogens is 2. The summed E-state index contributed by atoms with van der Waals surface area (Å²) >= 11 is 0.969. The average Bonchev–Trinajstić information content (AvgIpc) is 2.91. The lowest BCUT2D eigenvalue weighted by atomic mass is 10.00. The lowest BCUT2D eigenvalue weighted by molar-refractivity contribution is 0.0611. The maximum Gasteiger partial charge on any atom is 0.262 e. The monoisotopic (exact) mass is 525 g/mol. The number of methoxy groups -OCH3 is 1. The minimum atomic E-state index is -0.682. The van der Waals surface area contributed by atoms with Gasteiger partial charge in [-0.3, -0.25) is 9.36 Å². The molecule has 1 fully saturated rings. The van der Waals surface area contributed by atoms with E-state index in [1.807, 2.05) is 6.07 Å². The highest BCUT2D eigenvalue weighted by molar-refractivity contribution is 8.00. The second-order valence-electron chi connectivity index (χ2n) is 8.73. The maximum absolute atomic E-state index is 14.1. The summed E-state index contributed by atoms with van der Waals surface area (Å²) in [6.07, 6.45) is 3.37. The van der Waals surface area contributed by atoms with Gasteiger partial charge in [-0.15, -0.1) is 0 Å². The van der Waals surface area contributed by atoms with E-state index >= 15 is 0 Å². The highest BCUT2D eigenvalue weighted by Crippen LogP contribution is 2.33. The fraction of sp³-hybridized carbons (Fsp3) is 0.269. The van der Waals surface area contributed by atoms with Gasteiger partial charge >= 0.3 is 0 Å². The van der Waals surface area contributed by atoms with E-state index in [0.29, 0.717) is 53.7 Å². The highest BCUT2D eigenvalue weighted by Gasteiger charge is 2.18. The summed E-state index contributed by atoms with van der Waals surface area (Å²) in [6, 6.07) is 10.5. The van der Waals surface area contributed by atoms with Crippen molar-refractivity contribution in [2.45, 2.75) is 24.3 Å². The zero-order valence-corrected chi connectivity index (χ0v) is 20.9. The van der Waals surface area contributed by atoms with Gasteiger partial charge in [-0.05, 0) is 66.6 Å². The van der Waals surface area contributed by atoms with Crippen LogP contribution >= 0.6 is 11.9 Å². The number of nitrogens with one attached hydrogen (secondary N) is 1. The second kappa shape index (κ2) is 10.7. The molecular formula is C26H25F2N5O3S. The molecule has 8 nitrogen and oxygen atoms in total. The quantitative estimate of drug-likeness (QED) is 0.329. The van der Waals surface area contributed by atoms with Gasteiger partial charge < -0.3 is 19.9 Å². The van der Waals surface area contributed by atoms with Crippen molar-refractivity contribution in [2.24, 2.45) is 5.92 Å². The molecule has 192 valence electrons. The van der Waals surface area contributed by atoms with Gasteiger partial charge in [0.1, 0.15) is 17.3 Å². The van der Waals surface area contributed by atoms with Crippen molar-refractivity contribution >= 4 is 34.5 Å². The molecule has 0 saturated carbocycles. The molecule has 1 aliphatic rings. The predicted molar refractivity (Wildman–Crippen MR) is 140 cm³/mol. The SMILES string of the molecule is COc1ncc(-c2ccc3nc(N)n(CC4CCOCC4)c(=O)c3c2)cc1NSc1ccc(F)cc1F. The van der Waals surface area contributed by atoms with Gasteiger partial charge in [-0.2, -0.15) is 0 Å². The minimum absolute atomic E-state index is 0.194. The number of hydrogen-bond donors (Lipinski definition) is 2. The average molecular weight is 526 g/mol. The van der Waals surface area contributed by atoms with Crippen molar-refractivity contribution in [3.8, 4) is 17.0 Å². The molecule has 0 radical (unpaired) electrons. The first-order chi connectivity index (χ1) is 17.9. The molecule has 4 aromatic rings. The minimum Gasteiger partial charge on any atom is -0.480 e. The molecule has 2 aromatic heterocycles. The van der Waals surface area contributed by atoms with Crippen molar-refractivity contribution in [2.75, 3.05) is 30.8 Å². The molecule has 2 aromatic carbocycles. The smallest absolute Gasteiger partial charge is 0.262 e. The number of fused-ring (bicyclic) bond motifs is 1. The van der Waals surface area contributed by atoms with Crippen molar-refractivity contribution in [3.63, 3.8) is 0 Å². The number of aromatic nitrogens is 3. The Balaban J connectivity index is 1.46. The Morgan fingerprint density at radius 2 is 1.97 bits per heavy atom. The van der Waals surface area contributed by atoms with Gasteiger partial charge in [0.2, 0.25) is 11.8 Å². The Bertz CT molecular complexity index is 1510. The van der Waals surface area contributed by atoms with Gasteiger partial charge in [0.15, 0.2) is 0 Å². The Morgan fingerprint density at radius 1 is 1.16 bits per heavy atom. The lowest BCUT2D eigenvalue weighted by Gasteiger charge is -2.23. The summed E-state index contributed by atoms with van der Waals surface area (Å²) in [4.78, 5) is 22.4. The number of benzene rings is 2. The van der Waals surface area contributed by atoms with Crippen LogP contribution in [0.1, 0.15) is 12.8 Å². The molecule has 0 atom stereocenters. The molecular weight excluding hydrogens is 500 g/mol. The van der Waals surface area contributed by atoms with Crippen molar-refractivity contribution in [3.05, 3.63) is 70.6 Å². The Labute approximate surface area is 216 Å². The van der Waals surface area contributed by atoms with Gasteiger partial charge in [-0.25, -0.2) is 18.7 Å². The molecule has 3 heterocycles. The first-order valence-electron chi connectivity index (χ1n) is 11.7. The van der Waals surface area contributed by atoms with Gasteiger partial charge in [0, 0.05) is 37.6 Å². The summed E-state index contributed by atoms with van der Waals surface area (Å²) in [5.41, 5.74) is 8.39. The third-order valence-corrected chi connectivity index (χ3v) is 7.18. The van der Waals surface area contributed by atoms with Crippen LogP contribution in [-0.2, 0) is 11.3 Å². The summed E-state index contributed by atoms with van der Waals surface area (Å²) in [7, 11) is 1.48. The van der Waals surface area contributed by atoms with Gasteiger partial charge in [-0.1, -0.05) is 6.07 Å². The highest BCUT2D eigenvalue weighted by atomic mass is 32.2. The normalized spacial score (nSPS) is 14.1. The summed E-state index contributed by atoms with van der Waals surface area (Å²) in [5.74, 6) is -0.535. The van der Waals surface area contributed by atoms with Crippen LogP contribution in [0.25, 0.3) is 22.0 Å². The number of nitrogens with two attached hydrogens (primary N) is 1. The van der Waals surface area contributed by atoms with E-state index in [1.165, 1.54) is 23.8 Å². The number of anilines is 2. The molecule has 11 heteroatoms. The van der Waals surface area contributed by atoms with E-state index in [-0.39, 0.29) is 16.4 Å². The molecule has 3 N–H and O–H groups in total. The Kier molecular flexibility index (Phi) is 7.24. The van der Waals surface area contributed by atoms with E-state index < -0.39 is 11.6 Å². The van der Waals surface area contributed by atoms with Crippen molar-refractivity contribution in [1.29, 1.82) is 0 Å². The number of hydrogen-bond acceptors (Lipinski definition) is 8. The largest absolute Gasteiger partial charge is 0.480 e. The number of pyridine rings is 1. The zero-order chi connectivity index (χ0) is 25.9. The fourth-order valence-electron chi connectivity index (χ4n) is 4.30. The summed E-state index contributed by atoms with van der Waals surface area (Å²) < 4.78 is 42.6. The Hall–Kier alpha value is -3.70. The van der Waals surface area contributed by atoms with Crippen LogP contribution < -0.4 is 20.8 Å². The van der Waals surface area contributed by atoms with E-state index in [2.05, 4.69) is 14.7 Å². The maximum atomic E-state index is 14.1. The fourth-order valence-corrected chi connectivity index (χ4v) is 4.95. The molecule has 0 bridgehead atoms. The van der Waals surface area contributed by atoms with E-state index in [1.54, 1.807) is 24.4 Å². The number of nitrogen functional groups attached to an aromatic ring is 1. The number of ether oxygens (including phenoxy) is 2. The molecule has 5 rings (SSSR count). The van der Waals surface area contributed by atoms with Crippen LogP contribution in [0.5, 0.6) is 5.88 Å². The second-order valence-corrected chi connectivity index (χ2v) is 9.58. The van der Waals surface area contributed by atoms with Crippen LogP contribution in [0, 0.1) is 17.6 Å².